The largest absolute Gasteiger partial charge is 0.485 e. The molecule has 2 heterocycles. The van der Waals surface area contributed by atoms with Crippen LogP contribution in [0.15, 0.2) is 66.9 Å². The molecule has 4 N–H and O–H groups in total. The summed E-state index contributed by atoms with van der Waals surface area (Å²) in [6.07, 6.45) is 3.20. The zero-order valence-electron chi connectivity index (χ0n) is 19.9. The number of aliphatic hydroxyl groups excluding tert-OH is 1. The van der Waals surface area contributed by atoms with Crippen LogP contribution in [0.1, 0.15) is 36.6 Å². The number of hydrogen-bond donors (Lipinski definition) is 4. The normalized spacial score (nSPS) is 18.3. The number of fused-ring (bicyclic) bond motifs is 2. The number of carboxylic acid groups (broad SMARTS) is 2. The van der Waals surface area contributed by atoms with Crippen molar-refractivity contribution in [2.45, 2.75) is 44.9 Å². The highest BCUT2D eigenvalue weighted by molar-refractivity contribution is 5.89. The number of carbonyl (C=O) groups is 2. The smallest absolute Gasteiger partial charge is 0.328 e. The van der Waals surface area contributed by atoms with Crippen LogP contribution in [0.4, 0.5) is 0 Å². The summed E-state index contributed by atoms with van der Waals surface area (Å²) in [4.78, 5) is 23.6. The predicted molar refractivity (Wildman–Crippen MR) is 132 cm³/mol. The Morgan fingerprint density at radius 2 is 1.74 bits per heavy atom. The molecule has 1 aliphatic heterocycles. The van der Waals surface area contributed by atoms with Gasteiger partial charge < -0.3 is 25.4 Å². The Kier molecular flexibility index (Phi) is 8.22. The molecule has 1 aromatic heterocycles. The number of aliphatic hydroxyl groups is 1. The first-order chi connectivity index (χ1) is 16.6. The van der Waals surface area contributed by atoms with Gasteiger partial charge in [0.2, 0.25) is 0 Å². The first-order valence-electron chi connectivity index (χ1n) is 11.3. The molecule has 0 saturated carbocycles. The fraction of sp³-hybridized carbons (Fsp3) is 0.296. The lowest BCUT2D eigenvalue weighted by molar-refractivity contribution is -0.134. The molecule has 4 rings (SSSR count). The van der Waals surface area contributed by atoms with Crippen LogP contribution < -0.4 is 10.1 Å². The van der Waals surface area contributed by atoms with Gasteiger partial charge in [-0.05, 0) is 63.1 Å². The van der Waals surface area contributed by atoms with Crippen LogP contribution in [0.5, 0.6) is 5.75 Å². The third kappa shape index (κ3) is 6.65. The maximum Gasteiger partial charge on any atom is 0.328 e. The Balaban J connectivity index is 0.000000371. The van der Waals surface area contributed by atoms with Crippen LogP contribution in [-0.4, -0.2) is 50.5 Å². The summed E-state index contributed by atoms with van der Waals surface area (Å²) in [5, 5.41) is 31.2. The highest BCUT2D eigenvalue weighted by atomic mass is 16.5. The molecule has 0 spiro atoms. The van der Waals surface area contributed by atoms with E-state index in [9.17, 15) is 14.7 Å². The van der Waals surface area contributed by atoms with E-state index in [0.29, 0.717) is 12.2 Å². The molecule has 0 amide bonds. The van der Waals surface area contributed by atoms with Crippen molar-refractivity contribution in [2.24, 2.45) is 0 Å². The lowest BCUT2D eigenvalue weighted by Crippen LogP contribution is -2.52. The van der Waals surface area contributed by atoms with E-state index < -0.39 is 23.6 Å². The fourth-order valence-corrected chi connectivity index (χ4v) is 3.95. The number of aryl methyl sites for hydroxylation is 1. The van der Waals surface area contributed by atoms with Gasteiger partial charge in [0.05, 0.1) is 11.6 Å². The highest BCUT2D eigenvalue weighted by Gasteiger charge is 2.42. The quantitative estimate of drug-likeness (QED) is 0.395. The van der Waals surface area contributed by atoms with Gasteiger partial charge in [0.1, 0.15) is 17.5 Å². The lowest BCUT2D eigenvalue weighted by Gasteiger charge is -2.42. The molecule has 0 unspecified atom stereocenters. The molecule has 0 fully saturated rings. The molecular formula is C27H30N2O6. The van der Waals surface area contributed by atoms with Gasteiger partial charge in [0.15, 0.2) is 0 Å². The maximum absolute atomic E-state index is 11.0. The third-order valence-corrected chi connectivity index (χ3v) is 5.82. The van der Waals surface area contributed by atoms with Crippen LogP contribution in [0.2, 0.25) is 0 Å². The molecule has 184 valence electrons. The summed E-state index contributed by atoms with van der Waals surface area (Å²) in [5.74, 6) is -1.69. The molecular weight excluding hydrogens is 448 g/mol. The van der Waals surface area contributed by atoms with Crippen LogP contribution in [0, 0.1) is 6.92 Å². The van der Waals surface area contributed by atoms with E-state index in [-0.39, 0.29) is 6.04 Å². The second kappa shape index (κ2) is 11.1. The summed E-state index contributed by atoms with van der Waals surface area (Å²) in [6.45, 7) is 6.73. The summed E-state index contributed by atoms with van der Waals surface area (Å²) in [6, 6.07) is 16.3. The summed E-state index contributed by atoms with van der Waals surface area (Å²) < 4.78 is 6.17. The van der Waals surface area contributed by atoms with Gasteiger partial charge in [-0.25, -0.2) is 9.59 Å². The van der Waals surface area contributed by atoms with Gasteiger partial charge in [0.25, 0.3) is 0 Å². The number of pyridine rings is 1. The highest BCUT2D eigenvalue weighted by Crippen LogP contribution is 2.41. The minimum Gasteiger partial charge on any atom is -0.485 e. The second-order valence-electron chi connectivity index (χ2n) is 8.86. The second-order valence-corrected chi connectivity index (χ2v) is 8.86. The fourth-order valence-electron chi connectivity index (χ4n) is 3.95. The SMILES string of the molecule is Cc1ccnc2cc3c(cc12)OC(C)(C)[C@H](O)[C@H]3NCCc1ccccc1.O=C(O)/C=C\C(=O)O. The van der Waals surface area contributed by atoms with Crippen molar-refractivity contribution in [1.29, 1.82) is 0 Å². The summed E-state index contributed by atoms with van der Waals surface area (Å²) >= 11 is 0. The lowest BCUT2D eigenvalue weighted by atomic mass is 9.85. The van der Waals surface area contributed by atoms with Crippen LogP contribution in [0.3, 0.4) is 0 Å². The van der Waals surface area contributed by atoms with E-state index in [2.05, 4.69) is 53.6 Å². The number of carboxylic acids is 2. The zero-order chi connectivity index (χ0) is 25.6. The molecule has 0 saturated heterocycles. The standard InChI is InChI=1S/C23H26N2O2.C4H4O4/c1-15-9-11-24-19-13-18-20(14-17(15)19)27-23(2,3)22(26)21(18)25-12-10-16-7-5-4-6-8-16;5-3(6)1-2-4(7)8/h4-9,11,13-14,21-22,25-26H,10,12H2,1-3H3;1-2H,(H,5,6)(H,7,8)/b;2-1-/t21-,22+;/m0./s1. The van der Waals surface area contributed by atoms with Gasteiger partial charge in [-0.3, -0.25) is 4.98 Å². The van der Waals surface area contributed by atoms with Crippen LogP contribution in [-0.2, 0) is 16.0 Å². The third-order valence-electron chi connectivity index (χ3n) is 5.82. The number of aromatic nitrogens is 1. The minimum atomic E-state index is -1.26. The molecule has 8 heteroatoms. The minimum absolute atomic E-state index is 0.195. The predicted octanol–water partition coefficient (Wildman–Crippen LogP) is 3.66. The Hall–Kier alpha value is -3.75. The molecule has 35 heavy (non-hydrogen) atoms. The van der Waals surface area contributed by atoms with Crippen LogP contribution in [0.25, 0.3) is 10.9 Å². The van der Waals surface area contributed by atoms with Crippen molar-refractivity contribution in [3.8, 4) is 5.75 Å². The van der Waals surface area contributed by atoms with E-state index in [4.69, 9.17) is 14.9 Å². The molecule has 3 aromatic rings. The van der Waals surface area contributed by atoms with Gasteiger partial charge in [-0.1, -0.05) is 30.3 Å². The number of hydrogen-bond acceptors (Lipinski definition) is 6. The first kappa shape index (κ1) is 25.9. The number of nitrogens with one attached hydrogen (secondary N) is 1. The zero-order valence-corrected chi connectivity index (χ0v) is 19.9. The van der Waals surface area contributed by atoms with Crippen molar-refractivity contribution in [1.82, 2.24) is 10.3 Å². The van der Waals surface area contributed by atoms with Crippen molar-refractivity contribution in [3.05, 3.63) is 83.6 Å². The maximum atomic E-state index is 11.0. The number of nitrogens with zero attached hydrogens (tertiary/aromatic N) is 1. The first-order valence-corrected chi connectivity index (χ1v) is 11.3. The number of benzene rings is 2. The van der Waals surface area contributed by atoms with Gasteiger partial charge in [-0.15, -0.1) is 0 Å². The average molecular weight is 479 g/mol. The molecule has 2 aromatic carbocycles. The number of ether oxygens (including phenoxy) is 1. The van der Waals surface area contributed by atoms with Gasteiger partial charge in [-0.2, -0.15) is 0 Å². The van der Waals surface area contributed by atoms with Gasteiger partial charge >= 0.3 is 11.9 Å². The van der Waals surface area contributed by atoms with E-state index in [0.717, 1.165) is 35.2 Å². The Morgan fingerprint density at radius 3 is 2.37 bits per heavy atom. The topological polar surface area (TPSA) is 129 Å². The van der Waals surface area contributed by atoms with Crippen molar-refractivity contribution in [2.75, 3.05) is 6.54 Å². The molecule has 0 aliphatic carbocycles. The Labute approximate surface area is 203 Å². The Bertz CT molecular complexity index is 1210. The summed E-state index contributed by atoms with van der Waals surface area (Å²) in [7, 11) is 0. The van der Waals surface area contributed by atoms with Gasteiger partial charge in [0, 0.05) is 29.3 Å². The Morgan fingerprint density at radius 1 is 1.09 bits per heavy atom. The van der Waals surface area contributed by atoms with E-state index in [1.54, 1.807) is 0 Å². The van der Waals surface area contributed by atoms with E-state index in [1.165, 1.54) is 11.1 Å². The molecule has 0 radical (unpaired) electrons. The van der Waals surface area contributed by atoms with E-state index in [1.807, 2.05) is 32.2 Å². The number of rotatable bonds is 6. The van der Waals surface area contributed by atoms with E-state index >= 15 is 0 Å². The van der Waals surface area contributed by atoms with Crippen molar-refractivity contribution in [3.63, 3.8) is 0 Å². The number of aliphatic carboxylic acids is 2. The molecule has 8 nitrogen and oxygen atoms in total. The summed E-state index contributed by atoms with van der Waals surface area (Å²) in [5.41, 5.74) is 3.69. The molecule has 1 aliphatic rings. The molecule has 0 bridgehead atoms. The monoisotopic (exact) mass is 478 g/mol. The van der Waals surface area contributed by atoms with Crippen molar-refractivity contribution < 1.29 is 29.6 Å². The molecule has 2 atom stereocenters. The van der Waals surface area contributed by atoms with Crippen molar-refractivity contribution >= 4 is 22.8 Å². The van der Waals surface area contributed by atoms with Crippen LogP contribution >= 0.6 is 0 Å². The average Bonchev–Trinajstić information content (AvgIpc) is 2.81.